The number of benzene rings is 1. The molecule has 2 heterocycles. The van der Waals surface area contributed by atoms with Gasteiger partial charge < -0.3 is 10.2 Å². The fourth-order valence-electron chi connectivity index (χ4n) is 3.54. The molecule has 0 bridgehead atoms. The highest BCUT2D eigenvalue weighted by Gasteiger charge is 2.12. The van der Waals surface area contributed by atoms with Crippen molar-refractivity contribution in [2.75, 3.05) is 11.4 Å². The summed E-state index contributed by atoms with van der Waals surface area (Å²) >= 11 is 0. The van der Waals surface area contributed by atoms with Crippen molar-refractivity contribution >= 4 is 5.69 Å². The zero-order valence-corrected chi connectivity index (χ0v) is 17.6. The monoisotopic (exact) mass is 384 g/mol. The molecule has 0 saturated heterocycles. The molecular formula is C27H32N2. The zero-order chi connectivity index (χ0) is 20.3. The van der Waals surface area contributed by atoms with Gasteiger partial charge >= 0.3 is 0 Å². The van der Waals surface area contributed by atoms with Crippen LogP contribution in [0.2, 0.25) is 0 Å². The second kappa shape index (κ2) is 11.1. The smallest absolute Gasteiger partial charge is 0.0449 e. The molecule has 29 heavy (non-hydrogen) atoms. The Morgan fingerprint density at radius 1 is 1.03 bits per heavy atom. The lowest BCUT2D eigenvalue weighted by Gasteiger charge is -2.27. The van der Waals surface area contributed by atoms with Gasteiger partial charge in [0.2, 0.25) is 0 Å². The number of allylic oxidation sites excluding steroid dienone is 10. The van der Waals surface area contributed by atoms with E-state index >= 15 is 0 Å². The second-order valence-electron chi connectivity index (χ2n) is 7.31. The highest BCUT2D eigenvalue weighted by Crippen LogP contribution is 2.26. The van der Waals surface area contributed by atoms with Crippen molar-refractivity contribution in [2.45, 2.75) is 39.2 Å². The molecule has 150 valence electrons. The molecule has 1 aromatic carbocycles. The third kappa shape index (κ3) is 6.25. The Morgan fingerprint density at radius 3 is 2.79 bits per heavy atom. The molecule has 1 atom stereocenters. The van der Waals surface area contributed by atoms with Crippen molar-refractivity contribution in [3.05, 3.63) is 114 Å². The van der Waals surface area contributed by atoms with Gasteiger partial charge in [-0.05, 0) is 56.9 Å². The molecule has 0 aromatic heterocycles. The third-order valence-corrected chi connectivity index (χ3v) is 5.07. The first kappa shape index (κ1) is 20.7. The van der Waals surface area contributed by atoms with Gasteiger partial charge in [-0.1, -0.05) is 79.0 Å². The summed E-state index contributed by atoms with van der Waals surface area (Å²) in [6.07, 6.45) is 29.4. The zero-order valence-electron chi connectivity index (χ0n) is 17.6. The molecule has 2 heteroatoms. The van der Waals surface area contributed by atoms with Gasteiger partial charge in [-0.25, -0.2) is 0 Å². The Labute approximate surface area is 176 Å². The molecule has 2 aliphatic heterocycles. The van der Waals surface area contributed by atoms with Crippen LogP contribution in [-0.2, 0) is 6.42 Å². The van der Waals surface area contributed by atoms with E-state index in [1.54, 1.807) is 0 Å². The fourth-order valence-corrected chi connectivity index (χ4v) is 3.54. The van der Waals surface area contributed by atoms with E-state index in [1.165, 1.54) is 16.9 Å². The third-order valence-electron chi connectivity index (χ3n) is 5.07. The van der Waals surface area contributed by atoms with Crippen LogP contribution in [0.25, 0.3) is 0 Å². The standard InChI is InChI=1S/C27H32N2/c1-3-26(21-20-25-18-11-7-6-9-15-23(2)28-25)29-22-14-8-4-5-10-16-24-17-12-13-19-27(24)29/h3,5-10,12-15,17-21,23,28H,4,11,16,22H2,1-2H3/b7-6-,10-5-,14-8-,15-9-,21-20-,25-18-,26-3+. The van der Waals surface area contributed by atoms with Crippen LogP contribution >= 0.6 is 0 Å². The van der Waals surface area contributed by atoms with Crippen molar-refractivity contribution in [3.8, 4) is 0 Å². The molecule has 2 nitrogen and oxygen atoms in total. The molecule has 1 aromatic rings. The van der Waals surface area contributed by atoms with E-state index in [2.05, 4.69) is 121 Å². The lowest BCUT2D eigenvalue weighted by atomic mass is 10.1. The molecule has 1 unspecified atom stereocenters. The SMILES string of the molecule is C\C=C(/C=C\C1=C\C/C=C\C=C/C(C)N1)N1C/C=C\C/C=C\Cc2ccccc21. The van der Waals surface area contributed by atoms with Crippen LogP contribution in [0.4, 0.5) is 5.69 Å². The molecular weight excluding hydrogens is 352 g/mol. The maximum Gasteiger partial charge on any atom is 0.0449 e. The summed E-state index contributed by atoms with van der Waals surface area (Å²) in [5, 5.41) is 3.58. The van der Waals surface area contributed by atoms with Crippen molar-refractivity contribution in [1.29, 1.82) is 0 Å². The average molecular weight is 385 g/mol. The minimum atomic E-state index is 0.298. The van der Waals surface area contributed by atoms with Crippen LogP contribution in [0.3, 0.4) is 0 Å². The number of para-hydroxylation sites is 1. The number of nitrogens with zero attached hydrogens (tertiary/aromatic N) is 1. The van der Waals surface area contributed by atoms with Gasteiger partial charge in [-0.3, -0.25) is 0 Å². The van der Waals surface area contributed by atoms with Crippen LogP contribution in [0.15, 0.2) is 109 Å². The molecule has 3 rings (SSSR count). The molecule has 0 fully saturated rings. The van der Waals surface area contributed by atoms with Crippen LogP contribution < -0.4 is 10.2 Å². The maximum absolute atomic E-state index is 3.58. The van der Waals surface area contributed by atoms with Gasteiger partial charge in [0.25, 0.3) is 0 Å². The normalized spacial score (nSPS) is 26.7. The van der Waals surface area contributed by atoms with Gasteiger partial charge in [-0.2, -0.15) is 0 Å². The lowest BCUT2D eigenvalue weighted by Crippen LogP contribution is -2.24. The average Bonchev–Trinajstić information content (AvgIpc) is 2.84. The summed E-state index contributed by atoms with van der Waals surface area (Å²) in [5.74, 6) is 0. The van der Waals surface area contributed by atoms with Crippen LogP contribution in [0.5, 0.6) is 0 Å². The van der Waals surface area contributed by atoms with Crippen LogP contribution in [0.1, 0.15) is 32.3 Å². The minimum absolute atomic E-state index is 0.298. The summed E-state index contributed by atoms with van der Waals surface area (Å²) in [5.41, 5.74) is 4.99. The first-order chi connectivity index (χ1) is 14.3. The second-order valence-corrected chi connectivity index (χ2v) is 7.31. The van der Waals surface area contributed by atoms with Crippen molar-refractivity contribution < 1.29 is 0 Å². The predicted molar refractivity (Wildman–Crippen MR) is 127 cm³/mol. The first-order valence-electron chi connectivity index (χ1n) is 10.6. The van der Waals surface area contributed by atoms with Gasteiger partial charge in [0, 0.05) is 29.7 Å². The van der Waals surface area contributed by atoms with Crippen LogP contribution in [0, 0.1) is 0 Å². The Hall–Kier alpha value is -3.00. The van der Waals surface area contributed by atoms with Gasteiger partial charge in [0.05, 0.1) is 0 Å². The molecule has 0 radical (unpaired) electrons. The van der Waals surface area contributed by atoms with E-state index in [0.29, 0.717) is 6.04 Å². The van der Waals surface area contributed by atoms with Gasteiger partial charge in [0.15, 0.2) is 0 Å². The van der Waals surface area contributed by atoms with E-state index < -0.39 is 0 Å². The maximum atomic E-state index is 3.58. The summed E-state index contributed by atoms with van der Waals surface area (Å²) in [4.78, 5) is 2.40. The number of rotatable bonds is 3. The van der Waals surface area contributed by atoms with E-state index in [1.807, 2.05) is 0 Å². The Kier molecular flexibility index (Phi) is 7.94. The number of fused-ring (bicyclic) bond motifs is 1. The van der Waals surface area contributed by atoms with E-state index in [9.17, 15) is 0 Å². The highest BCUT2D eigenvalue weighted by molar-refractivity contribution is 5.61. The summed E-state index contributed by atoms with van der Waals surface area (Å²) in [6.45, 7) is 5.15. The minimum Gasteiger partial charge on any atom is -0.379 e. The molecule has 1 N–H and O–H groups in total. The Balaban J connectivity index is 1.88. The van der Waals surface area contributed by atoms with Gasteiger partial charge in [0.1, 0.15) is 0 Å². The van der Waals surface area contributed by atoms with Crippen molar-refractivity contribution in [1.82, 2.24) is 5.32 Å². The Bertz CT molecular complexity index is 878. The van der Waals surface area contributed by atoms with E-state index in [4.69, 9.17) is 0 Å². The summed E-state index contributed by atoms with van der Waals surface area (Å²) in [7, 11) is 0. The first-order valence-corrected chi connectivity index (χ1v) is 10.6. The number of anilines is 1. The molecule has 0 spiro atoms. The highest BCUT2D eigenvalue weighted by atomic mass is 15.1. The molecule has 0 saturated carbocycles. The summed E-state index contributed by atoms with van der Waals surface area (Å²) in [6, 6.07) is 9.02. The van der Waals surface area contributed by atoms with Gasteiger partial charge in [-0.15, -0.1) is 0 Å². The molecule has 0 amide bonds. The fraction of sp³-hybridized carbons (Fsp3) is 0.259. The van der Waals surface area contributed by atoms with E-state index in [-0.39, 0.29) is 0 Å². The predicted octanol–water partition coefficient (Wildman–Crippen LogP) is 6.39. The number of hydrogen-bond donors (Lipinski definition) is 1. The quantitative estimate of drug-likeness (QED) is 0.480. The number of hydrogen-bond acceptors (Lipinski definition) is 2. The van der Waals surface area contributed by atoms with Crippen molar-refractivity contribution in [3.63, 3.8) is 0 Å². The largest absolute Gasteiger partial charge is 0.379 e. The van der Waals surface area contributed by atoms with Crippen molar-refractivity contribution in [2.24, 2.45) is 0 Å². The topological polar surface area (TPSA) is 15.3 Å². The Morgan fingerprint density at radius 2 is 1.90 bits per heavy atom. The molecule has 0 aliphatic carbocycles. The van der Waals surface area contributed by atoms with Crippen LogP contribution in [-0.4, -0.2) is 12.6 Å². The lowest BCUT2D eigenvalue weighted by molar-refractivity contribution is 0.741. The van der Waals surface area contributed by atoms with E-state index in [0.717, 1.165) is 31.5 Å². The molecule has 2 aliphatic rings. The summed E-state index contributed by atoms with van der Waals surface area (Å²) < 4.78 is 0. The number of nitrogens with one attached hydrogen (secondary N) is 1.